The Balaban J connectivity index is 1.97. The molecule has 2 fully saturated rings. The minimum Gasteiger partial charge on any atom is -0.469 e. The molecule has 1 aliphatic heterocycles. The molecule has 1 aliphatic carbocycles. The van der Waals surface area contributed by atoms with Crippen LogP contribution in [-0.2, 0) is 14.3 Å². The highest BCUT2D eigenvalue weighted by Crippen LogP contribution is 2.32. The van der Waals surface area contributed by atoms with E-state index in [1.54, 1.807) is 0 Å². The quantitative estimate of drug-likeness (QED) is 0.573. The van der Waals surface area contributed by atoms with Crippen LogP contribution in [0.1, 0.15) is 19.3 Å². The second kappa shape index (κ2) is 3.01. The summed E-state index contributed by atoms with van der Waals surface area (Å²) >= 11 is 0. The van der Waals surface area contributed by atoms with Crippen LogP contribution in [0.25, 0.3) is 0 Å². The molecular weight excluding hydrogens is 170 g/mol. The smallest absolute Gasteiger partial charge is 0.310 e. The fourth-order valence-corrected chi connectivity index (χ4v) is 1.80. The topological polar surface area (TPSA) is 46.6 Å². The van der Waals surface area contributed by atoms with Crippen LogP contribution in [0.2, 0.25) is 0 Å². The number of ether oxygens (including phenoxy) is 1. The number of hydrogen-bond donors (Lipinski definition) is 0. The van der Waals surface area contributed by atoms with Crippen molar-refractivity contribution in [3.05, 3.63) is 0 Å². The first kappa shape index (κ1) is 8.53. The molecule has 13 heavy (non-hydrogen) atoms. The second-order valence-corrected chi connectivity index (χ2v) is 3.70. The maximum atomic E-state index is 11.4. The Morgan fingerprint density at radius 1 is 1.54 bits per heavy atom. The van der Waals surface area contributed by atoms with Gasteiger partial charge in [-0.3, -0.25) is 9.59 Å². The molecule has 1 saturated heterocycles. The molecule has 0 unspecified atom stereocenters. The first-order valence-corrected chi connectivity index (χ1v) is 4.59. The summed E-state index contributed by atoms with van der Waals surface area (Å²) in [6, 6.07) is 0.419. The van der Waals surface area contributed by atoms with Gasteiger partial charge < -0.3 is 9.64 Å². The van der Waals surface area contributed by atoms with Crippen LogP contribution < -0.4 is 0 Å². The molecule has 1 atom stereocenters. The minimum atomic E-state index is -0.253. The van der Waals surface area contributed by atoms with Gasteiger partial charge in [0.1, 0.15) is 0 Å². The molecule has 1 saturated carbocycles. The number of esters is 1. The number of amides is 1. The van der Waals surface area contributed by atoms with Gasteiger partial charge in [0.15, 0.2) is 0 Å². The number of nitrogens with zero attached hydrogens (tertiary/aromatic N) is 1. The summed E-state index contributed by atoms with van der Waals surface area (Å²) in [5, 5.41) is 0. The summed E-state index contributed by atoms with van der Waals surface area (Å²) in [5.74, 6) is -0.368. The van der Waals surface area contributed by atoms with E-state index in [9.17, 15) is 9.59 Å². The van der Waals surface area contributed by atoms with E-state index in [1.165, 1.54) is 7.11 Å². The fourth-order valence-electron chi connectivity index (χ4n) is 1.80. The molecule has 0 aromatic rings. The Morgan fingerprint density at radius 3 is 2.77 bits per heavy atom. The number of carbonyl (C=O) groups is 2. The van der Waals surface area contributed by atoms with E-state index in [2.05, 4.69) is 4.74 Å². The van der Waals surface area contributed by atoms with Crippen LogP contribution in [0.15, 0.2) is 0 Å². The van der Waals surface area contributed by atoms with Crippen molar-refractivity contribution in [2.24, 2.45) is 5.92 Å². The lowest BCUT2D eigenvalue weighted by Gasteiger charge is -2.14. The zero-order chi connectivity index (χ0) is 9.42. The average molecular weight is 183 g/mol. The molecule has 0 spiro atoms. The SMILES string of the molecule is COC(=O)[C@@H]1CC(=O)N(C2CC2)C1. The molecule has 2 rings (SSSR count). The van der Waals surface area contributed by atoms with E-state index < -0.39 is 0 Å². The number of hydrogen-bond acceptors (Lipinski definition) is 3. The van der Waals surface area contributed by atoms with Crippen LogP contribution in [-0.4, -0.2) is 36.5 Å². The molecule has 72 valence electrons. The third-order valence-electron chi connectivity index (χ3n) is 2.68. The van der Waals surface area contributed by atoms with Gasteiger partial charge in [0.25, 0.3) is 0 Å². The van der Waals surface area contributed by atoms with Gasteiger partial charge >= 0.3 is 5.97 Å². The molecule has 0 N–H and O–H groups in total. The van der Waals surface area contributed by atoms with Crippen LogP contribution in [0.3, 0.4) is 0 Å². The number of rotatable bonds is 2. The molecule has 4 heteroatoms. The summed E-state index contributed by atoms with van der Waals surface area (Å²) in [4.78, 5) is 24.4. The third kappa shape index (κ3) is 1.53. The molecule has 1 heterocycles. The second-order valence-electron chi connectivity index (χ2n) is 3.70. The number of methoxy groups -OCH3 is 1. The Labute approximate surface area is 76.8 Å². The summed E-state index contributed by atoms with van der Waals surface area (Å²) in [6.45, 7) is 0.566. The Kier molecular flexibility index (Phi) is 1.98. The maximum absolute atomic E-state index is 11.4. The van der Waals surface area contributed by atoms with E-state index in [0.29, 0.717) is 19.0 Å². The van der Waals surface area contributed by atoms with Crippen LogP contribution in [0.4, 0.5) is 0 Å². The standard InChI is InChI=1S/C9H13NO3/c1-13-9(12)6-4-8(11)10(5-6)7-2-3-7/h6-7H,2-5H2,1H3/t6-/m1/s1. The molecule has 0 radical (unpaired) electrons. The van der Waals surface area contributed by atoms with E-state index >= 15 is 0 Å². The van der Waals surface area contributed by atoms with Gasteiger partial charge in [-0.1, -0.05) is 0 Å². The van der Waals surface area contributed by atoms with Crippen molar-refractivity contribution >= 4 is 11.9 Å². The van der Waals surface area contributed by atoms with Crippen LogP contribution in [0, 0.1) is 5.92 Å². The van der Waals surface area contributed by atoms with Gasteiger partial charge in [0.05, 0.1) is 13.0 Å². The lowest BCUT2D eigenvalue weighted by molar-refractivity contribution is -0.145. The highest BCUT2D eigenvalue weighted by Gasteiger charge is 2.42. The van der Waals surface area contributed by atoms with E-state index in [-0.39, 0.29) is 17.8 Å². The highest BCUT2D eigenvalue weighted by atomic mass is 16.5. The molecular formula is C9H13NO3. The van der Waals surface area contributed by atoms with Crippen molar-refractivity contribution in [2.75, 3.05) is 13.7 Å². The van der Waals surface area contributed by atoms with Crippen molar-refractivity contribution in [3.8, 4) is 0 Å². The summed E-state index contributed by atoms with van der Waals surface area (Å²) in [6.07, 6.45) is 2.53. The maximum Gasteiger partial charge on any atom is 0.310 e. The number of carbonyl (C=O) groups excluding carboxylic acids is 2. The first-order chi connectivity index (χ1) is 6.22. The average Bonchev–Trinajstić information content (AvgIpc) is 2.89. The number of likely N-dealkylation sites (tertiary alicyclic amines) is 1. The Bertz CT molecular complexity index is 247. The lowest BCUT2D eigenvalue weighted by Crippen LogP contribution is -2.28. The molecule has 0 aromatic heterocycles. The lowest BCUT2D eigenvalue weighted by atomic mass is 10.1. The normalized spacial score (nSPS) is 27.9. The van der Waals surface area contributed by atoms with Crippen molar-refractivity contribution in [3.63, 3.8) is 0 Å². The zero-order valence-corrected chi connectivity index (χ0v) is 7.66. The molecule has 2 aliphatic rings. The first-order valence-electron chi connectivity index (χ1n) is 4.59. The van der Waals surface area contributed by atoms with Crippen molar-refractivity contribution in [2.45, 2.75) is 25.3 Å². The summed E-state index contributed by atoms with van der Waals surface area (Å²) in [5.41, 5.74) is 0. The third-order valence-corrected chi connectivity index (χ3v) is 2.68. The predicted molar refractivity (Wildman–Crippen MR) is 44.9 cm³/mol. The van der Waals surface area contributed by atoms with Crippen molar-refractivity contribution in [1.82, 2.24) is 4.90 Å². The van der Waals surface area contributed by atoms with E-state index in [4.69, 9.17) is 0 Å². The van der Waals surface area contributed by atoms with Gasteiger partial charge in [-0.05, 0) is 12.8 Å². The molecule has 0 bridgehead atoms. The van der Waals surface area contributed by atoms with Crippen LogP contribution >= 0.6 is 0 Å². The van der Waals surface area contributed by atoms with Gasteiger partial charge in [-0.25, -0.2) is 0 Å². The van der Waals surface area contributed by atoms with Gasteiger partial charge in [0, 0.05) is 19.0 Å². The molecule has 4 nitrogen and oxygen atoms in total. The summed E-state index contributed by atoms with van der Waals surface area (Å²) < 4.78 is 4.61. The Morgan fingerprint density at radius 2 is 2.23 bits per heavy atom. The van der Waals surface area contributed by atoms with Crippen molar-refractivity contribution in [1.29, 1.82) is 0 Å². The summed E-state index contributed by atoms with van der Waals surface area (Å²) in [7, 11) is 1.37. The van der Waals surface area contributed by atoms with Crippen LogP contribution in [0.5, 0.6) is 0 Å². The Hall–Kier alpha value is -1.06. The molecule has 1 amide bonds. The minimum absolute atomic E-state index is 0.109. The zero-order valence-electron chi connectivity index (χ0n) is 7.66. The monoisotopic (exact) mass is 183 g/mol. The largest absolute Gasteiger partial charge is 0.469 e. The highest BCUT2D eigenvalue weighted by molar-refractivity contribution is 5.87. The van der Waals surface area contributed by atoms with Gasteiger partial charge in [-0.15, -0.1) is 0 Å². The van der Waals surface area contributed by atoms with Gasteiger partial charge in [-0.2, -0.15) is 0 Å². The fraction of sp³-hybridized carbons (Fsp3) is 0.778. The van der Waals surface area contributed by atoms with Gasteiger partial charge in [0.2, 0.25) is 5.91 Å². The molecule has 0 aromatic carbocycles. The van der Waals surface area contributed by atoms with E-state index in [1.807, 2.05) is 4.90 Å². The predicted octanol–water partition coefficient (Wildman–Crippen LogP) is 0.170. The van der Waals surface area contributed by atoms with E-state index in [0.717, 1.165) is 12.8 Å². The van der Waals surface area contributed by atoms with Crippen molar-refractivity contribution < 1.29 is 14.3 Å².